The normalized spacial score (nSPS) is 32.3. The Hall–Kier alpha value is -2.55. The lowest BCUT2D eigenvalue weighted by molar-refractivity contribution is -0.394. The molecular formula is C19H19ClFN5O3. The summed E-state index contributed by atoms with van der Waals surface area (Å²) in [6, 6.07) is 4.18. The maximum Gasteiger partial charge on any atom is 0.490 e. The molecule has 1 N–H and O–H groups in total. The number of nitro groups is 1. The topological polar surface area (TPSA) is 103 Å². The number of rotatable bonds is 4. The number of carbonyl (C=O) groups is 1. The number of amides is 1. The monoisotopic (exact) mass is 419 g/mol. The van der Waals surface area contributed by atoms with Crippen molar-refractivity contribution in [1.82, 2.24) is 14.8 Å². The molecule has 0 radical (unpaired) electrons. The number of hydrogen-bond acceptors (Lipinski definition) is 5. The number of anilines is 1. The highest BCUT2D eigenvalue weighted by atomic mass is 35.5. The van der Waals surface area contributed by atoms with Crippen LogP contribution >= 0.6 is 11.6 Å². The standard InChI is InChI=1S/C19H19ClFN5O3/c20-13-1-2-15(14(21)4-13)23-16(27)18-5-11-3-12(6-18)8-19(7-11,9-18)25-10-22-17(24-25)26(28)29/h1-2,4,10-12H,3,5-9H2,(H,23,27)/t11-,12+,18?,19?. The zero-order chi connectivity index (χ0) is 20.4. The lowest BCUT2D eigenvalue weighted by atomic mass is 9.46. The first-order valence-electron chi connectivity index (χ1n) is 9.62. The summed E-state index contributed by atoms with van der Waals surface area (Å²) in [5.74, 6) is -0.535. The SMILES string of the molecule is O=C(Nc1ccc(Cl)cc1F)C12C[C@H]3C[C@@H](C1)CC(n1cnc([N+](=O)[O-])n1)(C3)C2. The van der Waals surface area contributed by atoms with Crippen molar-refractivity contribution in [3.63, 3.8) is 0 Å². The maximum absolute atomic E-state index is 14.2. The third kappa shape index (κ3) is 2.90. The van der Waals surface area contributed by atoms with E-state index in [1.165, 1.54) is 24.5 Å². The summed E-state index contributed by atoms with van der Waals surface area (Å²) < 4.78 is 15.8. The minimum absolute atomic E-state index is 0.112. The molecule has 1 aromatic heterocycles. The van der Waals surface area contributed by atoms with Crippen molar-refractivity contribution < 1.29 is 14.1 Å². The molecule has 29 heavy (non-hydrogen) atoms. The van der Waals surface area contributed by atoms with Crippen molar-refractivity contribution >= 4 is 29.1 Å². The first kappa shape index (κ1) is 18.5. The number of hydrogen-bond donors (Lipinski definition) is 1. The average molecular weight is 420 g/mol. The molecule has 4 saturated carbocycles. The molecule has 6 rings (SSSR count). The first-order chi connectivity index (χ1) is 13.8. The predicted octanol–water partition coefficient (Wildman–Crippen LogP) is 3.91. The quantitative estimate of drug-likeness (QED) is 0.597. The lowest BCUT2D eigenvalue weighted by Crippen LogP contribution is -2.60. The zero-order valence-electron chi connectivity index (χ0n) is 15.5. The number of benzene rings is 1. The Morgan fingerprint density at radius 2 is 2.03 bits per heavy atom. The van der Waals surface area contributed by atoms with Crippen LogP contribution in [0.2, 0.25) is 5.02 Å². The Morgan fingerprint density at radius 1 is 1.31 bits per heavy atom. The van der Waals surface area contributed by atoms with Gasteiger partial charge in [0.25, 0.3) is 0 Å². The maximum atomic E-state index is 14.2. The van der Waals surface area contributed by atoms with E-state index in [1.54, 1.807) is 4.68 Å². The largest absolute Gasteiger partial charge is 0.490 e. The second-order valence-electron chi connectivity index (χ2n) is 8.79. The number of carbonyl (C=O) groups excluding carboxylic acids is 1. The van der Waals surface area contributed by atoms with Crippen LogP contribution in [0.3, 0.4) is 0 Å². The average Bonchev–Trinajstić information content (AvgIpc) is 3.14. The summed E-state index contributed by atoms with van der Waals surface area (Å²) >= 11 is 5.80. The molecule has 4 aliphatic rings. The number of nitrogens with zero attached hydrogens (tertiary/aromatic N) is 4. The molecule has 1 heterocycles. The fourth-order valence-electron chi connectivity index (χ4n) is 6.16. The minimum Gasteiger partial charge on any atom is -0.390 e. The Bertz CT molecular complexity index is 1010. The number of halogens is 2. The van der Waals surface area contributed by atoms with Gasteiger partial charge in [-0.15, -0.1) is 0 Å². The summed E-state index contributed by atoms with van der Waals surface area (Å²) in [4.78, 5) is 27.6. The van der Waals surface area contributed by atoms with Crippen LogP contribution in [-0.2, 0) is 10.3 Å². The van der Waals surface area contributed by atoms with Crippen LogP contribution in [0.4, 0.5) is 16.0 Å². The van der Waals surface area contributed by atoms with Crippen LogP contribution in [0.5, 0.6) is 0 Å². The highest BCUT2D eigenvalue weighted by molar-refractivity contribution is 6.30. The summed E-state index contributed by atoms with van der Waals surface area (Å²) in [6.07, 6.45) is 6.11. The van der Waals surface area contributed by atoms with Crippen molar-refractivity contribution in [3.8, 4) is 0 Å². The second-order valence-corrected chi connectivity index (χ2v) is 9.23. The van der Waals surface area contributed by atoms with Gasteiger partial charge in [0.05, 0.1) is 16.6 Å². The van der Waals surface area contributed by atoms with Gasteiger partial charge in [-0.2, -0.15) is 4.68 Å². The summed E-state index contributed by atoms with van der Waals surface area (Å²) in [5.41, 5.74) is -0.987. The lowest BCUT2D eigenvalue weighted by Gasteiger charge is -2.60. The summed E-state index contributed by atoms with van der Waals surface area (Å²) in [7, 11) is 0. The van der Waals surface area contributed by atoms with Gasteiger partial charge in [0.2, 0.25) is 12.2 Å². The van der Waals surface area contributed by atoms with E-state index in [0.717, 1.165) is 32.1 Å². The smallest absolute Gasteiger partial charge is 0.390 e. The van der Waals surface area contributed by atoms with Crippen molar-refractivity contribution in [2.75, 3.05) is 5.32 Å². The first-order valence-corrected chi connectivity index (χ1v) is 9.99. The van der Waals surface area contributed by atoms with Gasteiger partial charge in [-0.3, -0.25) is 4.79 Å². The molecule has 0 aliphatic heterocycles. The Kier molecular flexibility index (Phi) is 3.96. The fourth-order valence-corrected chi connectivity index (χ4v) is 6.32. The molecule has 0 saturated heterocycles. The van der Waals surface area contributed by atoms with E-state index in [2.05, 4.69) is 15.4 Å². The second kappa shape index (κ2) is 6.22. The fraction of sp³-hybridized carbons (Fsp3) is 0.526. The molecule has 4 atom stereocenters. The van der Waals surface area contributed by atoms with Gasteiger partial charge in [-0.25, -0.2) is 4.39 Å². The van der Waals surface area contributed by atoms with Crippen molar-refractivity contribution in [3.05, 3.63) is 45.5 Å². The van der Waals surface area contributed by atoms with E-state index in [1.807, 2.05) is 0 Å². The zero-order valence-corrected chi connectivity index (χ0v) is 16.2. The molecule has 4 aliphatic carbocycles. The van der Waals surface area contributed by atoms with Gasteiger partial charge in [-0.05, 0) is 73.5 Å². The molecule has 4 fully saturated rings. The van der Waals surface area contributed by atoms with E-state index in [-0.39, 0.29) is 16.6 Å². The third-order valence-corrected chi connectivity index (χ3v) is 7.06. The molecule has 152 valence electrons. The molecule has 0 spiro atoms. The predicted molar refractivity (Wildman–Crippen MR) is 102 cm³/mol. The molecule has 2 unspecified atom stereocenters. The van der Waals surface area contributed by atoms with Gasteiger partial charge in [0.1, 0.15) is 5.82 Å². The molecule has 1 amide bonds. The van der Waals surface area contributed by atoms with Gasteiger partial charge in [0.15, 0.2) is 0 Å². The molecule has 4 bridgehead atoms. The van der Waals surface area contributed by atoms with Crippen LogP contribution in [-0.4, -0.2) is 25.6 Å². The Morgan fingerprint density at radius 3 is 2.66 bits per heavy atom. The van der Waals surface area contributed by atoms with Crippen molar-refractivity contribution in [2.24, 2.45) is 17.3 Å². The molecule has 8 nitrogen and oxygen atoms in total. The van der Waals surface area contributed by atoms with Crippen LogP contribution in [0.1, 0.15) is 38.5 Å². The third-order valence-electron chi connectivity index (χ3n) is 6.82. The molecule has 10 heteroatoms. The summed E-state index contributed by atoms with van der Waals surface area (Å²) in [5, 5.41) is 18.2. The van der Waals surface area contributed by atoms with Crippen LogP contribution in [0.25, 0.3) is 0 Å². The van der Waals surface area contributed by atoms with E-state index >= 15 is 0 Å². The van der Waals surface area contributed by atoms with E-state index in [0.29, 0.717) is 18.3 Å². The molecular weight excluding hydrogens is 401 g/mol. The number of aromatic nitrogens is 3. The molecule has 2 aromatic rings. The van der Waals surface area contributed by atoms with Crippen LogP contribution in [0, 0.1) is 33.2 Å². The van der Waals surface area contributed by atoms with Crippen LogP contribution < -0.4 is 5.32 Å². The number of nitrogens with one attached hydrogen (secondary N) is 1. The van der Waals surface area contributed by atoms with Gasteiger partial charge in [0, 0.05) is 10.1 Å². The summed E-state index contributed by atoms with van der Waals surface area (Å²) in [6.45, 7) is 0. The van der Waals surface area contributed by atoms with Gasteiger partial charge in [-0.1, -0.05) is 16.6 Å². The highest BCUT2D eigenvalue weighted by Gasteiger charge is 2.62. The van der Waals surface area contributed by atoms with E-state index < -0.39 is 27.6 Å². The van der Waals surface area contributed by atoms with Gasteiger partial charge >= 0.3 is 5.95 Å². The van der Waals surface area contributed by atoms with E-state index in [4.69, 9.17) is 11.6 Å². The molecule has 1 aromatic carbocycles. The van der Waals surface area contributed by atoms with Crippen molar-refractivity contribution in [1.29, 1.82) is 0 Å². The van der Waals surface area contributed by atoms with E-state index in [9.17, 15) is 19.3 Å². The highest BCUT2D eigenvalue weighted by Crippen LogP contribution is 2.64. The minimum atomic E-state index is -0.642. The van der Waals surface area contributed by atoms with Gasteiger partial charge < -0.3 is 15.4 Å². The Labute approximate surface area is 170 Å². The Balaban J connectivity index is 1.47. The van der Waals surface area contributed by atoms with Crippen molar-refractivity contribution in [2.45, 2.75) is 44.1 Å². The van der Waals surface area contributed by atoms with Crippen LogP contribution in [0.15, 0.2) is 24.5 Å².